The summed E-state index contributed by atoms with van der Waals surface area (Å²) in [6, 6.07) is 9.49. The molecule has 1 heterocycles. The number of aliphatic hydroxyl groups excluding tert-OH is 1. The summed E-state index contributed by atoms with van der Waals surface area (Å²) in [7, 11) is 0. The van der Waals surface area contributed by atoms with Crippen molar-refractivity contribution in [2.24, 2.45) is 5.92 Å². The summed E-state index contributed by atoms with van der Waals surface area (Å²) >= 11 is 0. The van der Waals surface area contributed by atoms with Crippen molar-refractivity contribution in [3.8, 4) is 0 Å². The average molecular weight is 236 g/mol. The maximum Gasteiger partial charge on any atom is 0.316 e. The first-order valence-electron chi connectivity index (χ1n) is 5.60. The molecule has 4 nitrogen and oxygen atoms in total. The van der Waals surface area contributed by atoms with E-state index in [1.807, 2.05) is 30.3 Å². The molecular formula is C13H16O4. The third-order valence-corrected chi connectivity index (χ3v) is 2.70. The maximum atomic E-state index is 11.8. The van der Waals surface area contributed by atoms with Gasteiger partial charge < -0.3 is 14.6 Å². The molecule has 1 aromatic carbocycles. The molecule has 0 aromatic heterocycles. The Hall–Kier alpha value is -1.39. The van der Waals surface area contributed by atoms with E-state index in [1.54, 1.807) is 13.8 Å². The van der Waals surface area contributed by atoms with Gasteiger partial charge in [-0.15, -0.1) is 0 Å². The molecule has 1 aliphatic heterocycles. The highest BCUT2D eigenvalue weighted by Crippen LogP contribution is 2.28. The van der Waals surface area contributed by atoms with Gasteiger partial charge in [0.15, 0.2) is 6.29 Å². The van der Waals surface area contributed by atoms with Gasteiger partial charge in [0.25, 0.3) is 0 Å². The van der Waals surface area contributed by atoms with Crippen LogP contribution < -0.4 is 0 Å². The third-order valence-electron chi connectivity index (χ3n) is 2.70. The molecular weight excluding hydrogens is 220 g/mol. The van der Waals surface area contributed by atoms with Crippen molar-refractivity contribution in [2.45, 2.75) is 32.3 Å². The van der Waals surface area contributed by atoms with E-state index in [9.17, 15) is 9.90 Å². The minimum Gasteiger partial charge on any atom is -0.433 e. The predicted molar refractivity (Wildman–Crippen MR) is 60.9 cm³/mol. The molecule has 0 radical (unpaired) electrons. The molecule has 0 bridgehead atoms. The number of cyclic esters (lactones) is 1. The first-order valence-corrected chi connectivity index (χ1v) is 5.60. The van der Waals surface area contributed by atoms with Gasteiger partial charge >= 0.3 is 5.97 Å². The second-order valence-corrected chi connectivity index (χ2v) is 4.63. The quantitative estimate of drug-likeness (QED) is 0.790. The van der Waals surface area contributed by atoms with Crippen LogP contribution in [0.1, 0.15) is 19.4 Å². The van der Waals surface area contributed by atoms with Gasteiger partial charge in [0.05, 0.1) is 0 Å². The minimum atomic E-state index is -1.12. The van der Waals surface area contributed by atoms with Crippen molar-refractivity contribution < 1.29 is 19.4 Å². The maximum absolute atomic E-state index is 11.8. The summed E-state index contributed by atoms with van der Waals surface area (Å²) in [6.45, 7) is 3.21. The van der Waals surface area contributed by atoms with Gasteiger partial charge in [-0.05, 0) is 12.0 Å². The van der Waals surface area contributed by atoms with Gasteiger partial charge in [-0.1, -0.05) is 30.3 Å². The summed E-state index contributed by atoms with van der Waals surface area (Å²) in [5, 5.41) is 9.81. The number of ether oxygens (including phenoxy) is 2. The number of carbonyl (C=O) groups is 1. The normalized spacial score (nSPS) is 27.6. The van der Waals surface area contributed by atoms with Crippen LogP contribution in [-0.4, -0.2) is 23.2 Å². The van der Waals surface area contributed by atoms with Gasteiger partial charge in [-0.25, -0.2) is 0 Å². The fourth-order valence-corrected chi connectivity index (χ4v) is 1.88. The van der Waals surface area contributed by atoms with E-state index in [-0.39, 0.29) is 0 Å². The van der Waals surface area contributed by atoms with Crippen LogP contribution in [0.4, 0.5) is 0 Å². The van der Waals surface area contributed by atoms with Crippen molar-refractivity contribution in [3.05, 3.63) is 35.9 Å². The van der Waals surface area contributed by atoms with Crippen LogP contribution in [0.15, 0.2) is 30.3 Å². The second-order valence-electron chi connectivity index (χ2n) is 4.63. The Morgan fingerprint density at radius 1 is 1.29 bits per heavy atom. The van der Waals surface area contributed by atoms with E-state index in [0.29, 0.717) is 6.42 Å². The molecule has 17 heavy (non-hydrogen) atoms. The Morgan fingerprint density at radius 3 is 2.53 bits per heavy atom. The molecule has 2 atom stereocenters. The SMILES string of the molecule is CC1(C)OC(=O)C(Cc2ccccc2)C(O)O1. The summed E-state index contributed by atoms with van der Waals surface area (Å²) in [5.74, 6) is -2.13. The lowest BCUT2D eigenvalue weighted by molar-refractivity contribution is -0.314. The van der Waals surface area contributed by atoms with Crippen molar-refractivity contribution >= 4 is 5.97 Å². The Morgan fingerprint density at radius 2 is 1.94 bits per heavy atom. The van der Waals surface area contributed by atoms with Crippen molar-refractivity contribution in [3.63, 3.8) is 0 Å². The van der Waals surface area contributed by atoms with Crippen LogP contribution in [0.2, 0.25) is 0 Å². The molecule has 1 N–H and O–H groups in total. The van der Waals surface area contributed by atoms with Crippen molar-refractivity contribution in [1.82, 2.24) is 0 Å². The molecule has 1 fully saturated rings. The van der Waals surface area contributed by atoms with E-state index in [2.05, 4.69) is 0 Å². The molecule has 1 aromatic rings. The first-order chi connectivity index (χ1) is 7.98. The largest absolute Gasteiger partial charge is 0.433 e. The highest BCUT2D eigenvalue weighted by atomic mass is 16.8. The van der Waals surface area contributed by atoms with E-state index in [0.717, 1.165) is 5.56 Å². The monoisotopic (exact) mass is 236 g/mol. The zero-order chi connectivity index (χ0) is 12.5. The standard InChI is InChI=1S/C13H16O4/c1-13(2)16-11(14)10(12(15)17-13)8-9-6-4-3-5-7-9/h3-7,10-11,14H,8H2,1-2H3. The predicted octanol–water partition coefficient (Wildman–Crippen LogP) is 1.47. The van der Waals surface area contributed by atoms with Crippen LogP contribution in [0, 0.1) is 5.92 Å². The smallest absolute Gasteiger partial charge is 0.316 e. The second kappa shape index (κ2) is 4.47. The van der Waals surface area contributed by atoms with Gasteiger partial charge in [0.2, 0.25) is 5.79 Å². The number of hydrogen-bond acceptors (Lipinski definition) is 4. The van der Waals surface area contributed by atoms with Gasteiger partial charge in [0, 0.05) is 13.8 Å². The molecule has 92 valence electrons. The number of benzene rings is 1. The lowest BCUT2D eigenvalue weighted by atomic mass is 9.97. The molecule has 1 saturated heterocycles. The number of rotatable bonds is 2. The zero-order valence-electron chi connectivity index (χ0n) is 9.92. The number of esters is 1. The molecule has 0 amide bonds. The van der Waals surface area contributed by atoms with Crippen LogP contribution in [-0.2, 0) is 20.7 Å². The lowest BCUT2D eigenvalue weighted by Gasteiger charge is -2.37. The molecule has 4 heteroatoms. The van der Waals surface area contributed by atoms with Gasteiger partial charge in [-0.3, -0.25) is 4.79 Å². The van der Waals surface area contributed by atoms with E-state index >= 15 is 0 Å². The van der Waals surface area contributed by atoms with Crippen LogP contribution in [0.25, 0.3) is 0 Å². The Bertz CT molecular complexity index is 399. The van der Waals surface area contributed by atoms with E-state index in [1.165, 1.54) is 0 Å². The Balaban J connectivity index is 2.09. The fraction of sp³-hybridized carbons (Fsp3) is 0.462. The van der Waals surface area contributed by atoms with Gasteiger partial charge in [0.1, 0.15) is 5.92 Å². The van der Waals surface area contributed by atoms with Gasteiger partial charge in [-0.2, -0.15) is 0 Å². The molecule has 1 aliphatic rings. The Kier molecular flexibility index (Phi) is 3.17. The highest BCUT2D eigenvalue weighted by molar-refractivity contribution is 5.74. The lowest BCUT2D eigenvalue weighted by Crippen LogP contribution is -2.49. The molecule has 2 unspecified atom stereocenters. The van der Waals surface area contributed by atoms with E-state index < -0.39 is 24.0 Å². The van der Waals surface area contributed by atoms with Crippen LogP contribution in [0.3, 0.4) is 0 Å². The Labute approximate surface area is 100 Å². The molecule has 2 rings (SSSR count). The molecule has 0 spiro atoms. The number of hydrogen-bond donors (Lipinski definition) is 1. The topological polar surface area (TPSA) is 55.8 Å². The van der Waals surface area contributed by atoms with Crippen molar-refractivity contribution in [1.29, 1.82) is 0 Å². The summed E-state index contributed by atoms with van der Waals surface area (Å²) < 4.78 is 10.3. The summed E-state index contributed by atoms with van der Waals surface area (Å²) in [6.07, 6.45) is -0.705. The summed E-state index contributed by atoms with van der Waals surface area (Å²) in [5.41, 5.74) is 0.969. The highest BCUT2D eigenvalue weighted by Gasteiger charge is 2.42. The van der Waals surface area contributed by atoms with Crippen molar-refractivity contribution in [2.75, 3.05) is 0 Å². The summed E-state index contributed by atoms with van der Waals surface area (Å²) in [4.78, 5) is 11.8. The van der Waals surface area contributed by atoms with Crippen LogP contribution >= 0.6 is 0 Å². The first kappa shape index (κ1) is 12.1. The zero-order valence-corrected chi connectivity index (χ0v) is 9.92. The number of aliphatic hydroxyl groups is 1. The minimum absolute atomic E-state index is 0.414. The molecule has 0 aliphatic carbocycles. The van der Waals surface area contributed by atoms with Crippen LogP contribution in [0.5, 0.6) is 0 Å². The molecule has 0 saturated carbocycles. The fourth-order valence-electron chi connectivity index (χ4n) is 1.88. The third kappa shape index (κ3) is 2.84. The van der Waals surface area contributed by atoms with E-state index in [4.69, 9.17) is 9.47 Å². The average Bonchev–Trinajstić information content (AvgIpc) is 2.24. The number of carbonyl (C=O) groups excluding carboxylic acids is 1.